The molecule has 1 amide bonds. The Balaban J connectivity index is 1.62. The van der Waals surface area contributed by atoms with E-state index in [4.69, 9.17) is 9.47 Å². The molecule has 1 atom stereocenters. The first-order valence-corrected chi connectivity index (χ1v) is 12.0. The molecule has 180 valence electrons. The molecule has 0 spiro atoms. The Morgan fingerprint density at radius 3 is 2.18 bits per heavy atom. The summed E-state index contributed by atoms with van der Waals surface area (Å²) in [6, 6.07) is 13.4. The lowest BCUT2D eigenvalue weighted by Gasteiger charge is -2.20. The van der Waals surface area contributed by atoms with E-state index in [2.05, 4.69) is 40.8 Å². The van der Waals surface area contributed by atoms with Gasteiger partial charge in [0.15, 0.2) is 6.10 Å². The van der Waals surface area contributed by atoms with Crippen molar-refractivity contribution in [1.29, 1.82) is 0 Å². The number of ether oxygens (including phenoxy) is 2. The molecule has 0 aliphatic heterocycles. The molecule has 0 radical (unpaired) electrons. The van der Waals surface area contributed by atoms with Crippen LogP contribution in [0.5, 0.6) is 11.6 Å². The molecule has 3 rings (SSSR count). The number of carbonyl (C=O) groups excluding carboxylic acids is 1. The van der Waals surface area contributed by atoms with Gasteiger partial charge in [-0.2, -0.15) is 0 Å². The molecule has 1 unspecified atom stereocenters. The fourth-order valence-corrected chi connectivity index (χ4v) is 3.99. The fourth-order valence-electron chi connectivity index (χ4n) is 2.98. The zero-order chi connectivity index (χ0) is 24.9. The van der Waals surface area contributed by atoms with Gasteiger partial charge in [-0.25, -0.2) is 18.4 Å². The van der Waals surface area contributed by atoms with E-state index in [1.807, 2.05) is 24.3 Å². The van der Waals surface area contributed by atoms with Crippen LogP contribution in [0.2, 0.25) is 0 Å². The van der Waals surface area contributed by atoms with Gasteiger partial charge < -0.3 is 14.8 Å². The number of methoxy groups -OCH3 is 1. The highest BCUT2D eigenvalue weighted by Gasteiger charge is 2.20. The number of rotatable bonds is 8. The molecule has 0 saturated heterocycles. The number of benzene rings is 2. The van der Waals surface area contributed by atoms with Gasteiger partial charge in [-0.05, 0) is 54.3 Å². The molecular weight excluding hydrogens is 456 g/mol. The zero-order valence-electron chi connectivity index (χ0n) is 19.7. The number of hydrogen-bond donors (Lipinski definition) is 2. The molecule has 34 heavy (non-hydrogen) atoms. The Morgan fingerprint density at radius 1 is 0.971 bits per heavy atom. The van der Waals surface area contributed by atoms with Crippen LogP contribution in [0.4, 0.5) is 11.5 Å². The topological polar surface area (TPSA) is 120 Å². The van der Waals surface area contributed by atoms with E-state index < -0.39 is 16.1 Å². The van der Waals surface area contributed by atoms with Gasteiger partial charge in [-0.1, -0.05) is 32.9 Å². The molecule has 2 aromatic carbocycles. The van der Waals surface area contributed by atoms with Gasteiger partial charge in [0.05, 0.1) is 12.0 Å². The van der Waals surface area contributed by atoms with Crippen molar-refractivity contribution in [2.24, 2.45) is 0 Å². The summed E-state index contributed by atoms with van der Waals surface area (Å²) in [6.07, 6.45) is 1.98. The summed E-state index contributed by atoms with van der Waals surface area (Å²) >= 11 is 0. The van der Waals surface area contributed by atoms with Gasteiger partial charge in [-0.15, -0.1) is 0 Å². The summed E-state index contributed by atoms with van der Waals surface area (Å²) in [5, 5.41) is 2.72. The van der Waals surface area contributed by atoms with E-state index >= 15 is 0 Å². The van der Waals surface area contributed by atoms with E-state index in [1.54, 1.807) is 6.92 Å². The largest absolute Gasteiger partial charge is 0.481 e. The molecule has 1 aromatic heterocycles. The second kappa shape index (κ2) is 10.1. The first-order chi connectivity index (χ1) is 16.0. The van der Waals surface area contributed by atoms with Crippen molar-refractivity contribution in [1.82, 2.24) is 9.97 Å². The molecular formula is C24H28N4O5S. The maximum atomic E-state index is 12.7. The smallest absolute Gasteiger partial charge is 0.265 e. The van der Waals surface area contributed by atoms with Crippen LogP contribution in [0.25, 0.3) is 0 Å². The standard InChI is InChI=1S/C24H28N4O5S/c1-16(33-19-10-6-17(7-11-19)24(2,3)4)22(29)27-18-8-12-20(13-9-18)34(30,31)28-21-23(32-5)26-15-14-25-21/h6-16H,1-5H3,(H,25,28)(H,27,29). The van der Waals surface area contributed by atoms with E-state index in [0.717, 1.165) is 0 Å². The third kappa shape index (κ3) is 6.22. The molecule has 0 aliphatic rings. The fraction of sp³-hybridized carbons (Fsp3) is 0.292. The molecule has 2 N–H and O–H groups in total. The number of amides is 1. The van der Waals surface area contributed by atoms with Crippen LogP contribution in [0.15, 0.2) is 65.8 Å². The van der Waals surface area contributed by atoms with Crippen molar-refractivity contribution in [3.8, 4) is 11.6 Å². The van der Waals surface area contributed by atoms with Crippen LogP contribution in [0, 0.1) is 0 Å². The average molecular weight is 485 g/mol. The van der Waals surface area contributed by atoms with Gasteiger partial charge in [0.2, 0.25) is 5.82 Å². The van der Waals surface area contributed by atoms with E-state index in [-0.39, 0.29) is 27.9 Å². The number of sulfonamides is 1. The normalized spacial score (nSPS) is 12.5. The Morgan fingerprint density at radius 2 is 1.59 bits per heavy atom. The minimum absolute atomic E-state index is 0.0126. The van der Waals surface area contributed by atoms with Crippen molar-refractivity contribution in [3.63, 3.8) is 0 Å². The molecule has 10 heteroatoms. The van der Waals surface area contributed by atoms with Crippen LogP contribution in [-0.4, -0.2) is 37.5 Å². The highest BCUT2D eigenvalue weighted by Crippen LogP contribution is 2.25. The number of nitrogens with one attached hydrogen (secondary N) is 2. The second-order valence-electron chi connectivity index (χ2n) is 8.57. The maximum Gasteiger partial charge on any atom is 0.265 e. The van der Waals surface area contributed by atoms with Crippen LogP contribution in [0.3, 0.4) is 0 Å². The van der Waals surface area contributed by atoms with Crippen molar-refractivity contribution < 1.29 is 22.7 Å². The van der Waals surface area contributed by atoms with Gasteiger partial charge in [-0.3, -0.25) is 9.52 Å². The number of aromatic nitrogens is 2. The molecule has 9 nitrogen and oxygen atoms in total. The number of hydrogen-bond acceptors (Lipinski definition) is 7. The number of carbonyl (C=O) groups is 1. The highest BCUT2D eigenvalue weighted by molar-refractivity contribution is 7.92. The van der Waals surface area contributed by atoms with E-state index in [1.165, 1.54) is 49.3 Å². The van der Waals surface area contributed by atoms with Gasteiger partial charge >= 0.3 is 0 Å². The Hall–Kier alpha value is -3.66. The van der Waals surface area contributed by atoms with Crippen molar-refractivity contribution in [2.75, 3.05) is 17.1 Å². The molecule has 3 aromatic rings. The first-order valence-electron chi connectivity index (χ1n) is 10.6. The zero-order valence-corrected chi connectivity index (χ0v) is 20.5. The summed E-state index contributed by atoms with van der Waals surface area (Å²) in [5.41, 5.74) is 1.62. The predicted molar refractivity (Wildman–Crippen MR) is 130 cm³/mol. The Kier molecular flexibility index (Phi) is 7.41. The predicted octanol–water partition coefficient (Wildman–Crippen LogP) is 3.99. The van der Waals surface area contributed by atoms with Gasteiger partial charge in [0.1, 0.15) is 5.75 Å². The van der Waals surface area contributed by atoms with E-state index in [9.17, 15) is 13.2 Å². The number of anilines is 2. The highest BCUT2D eigenvalue weighted by atomic mass is 32.2. The van der Waals surface area contributed by atoms with Crippen molar-refractivity contribution in [3.05, 3.63) is 66.5 Å². The van der Waals surface area contributed by atoms with Crippen LogP contribution < -0.4 is 19.5 Å². The quantitative estimate of drug-likeness (QED) is 0.496. The molecule has 0 bridgehead atoms. The first kappa shape index (κ1) is 25.0. The van der Waals surface area contributed by atoms with Crippen LogP contribution in [0.1, 0.15) is 33.3 Å². The lowest BCUT2D eigenvalue weighted by molar-refractivity contribution is -0.122. The third-order valence-electron chi connectivity index (χ3n) is 4.92. The summed E-state index contributed by atoms with van der Waals surface area (Å²) in [4.78, 5) is 20.4. The summed E-state index contributed by atoms with van der Waals surface area (Å²) in [6.45, 7) is 8.01. The molecule has 1 heterocycles. The minimum Gasteiger partial charge on any atom is -0.481 e. The second-order valence-corrected chi connectivity index (χ2v) is 10.3. The van der Waals surface area contributed by atoms with Gasteiger partial charge in [0.25, 0.3) is 21.8 Å². The van der Waals surface area contributed by atoms with Crippen LogP contribution in [-0.2, 0) is 20.2 Å². The third-order valence-corrected chi connectivity index (χ3v) is 6.28. The average Bonchev–Trinajstić information content (AvgIpc) is 2.79. The van der Waals surface area contributed by atoms with Crippen LogP contribution >= 0.6 is 0 Å². The van der Waals surface area contributed by atoms with Crippen molar-refractivity contribution in [2.45, 2.75) is 44.1 Å². The van der Waals surface area contributed by atoms with Crippen molar-refractivity contribution >= 4 is 27.4 Å². The summed E-state index contributed by atoms with van der Waals surface area (Å²) < 4.78 is 38.4. The maximum absolute atomic E-state index is 12.7. The minimum atomic E-state index is -3.93. The monoisotopic (exact) mass is 484 g/mol. The molecule has 0 fully saturated rings. The summed E-state index contributed by atoms with van der Waals surface area (Å²) in [7, 11) is -2.57. The van der Waals surface area contributed by atoms with E-state index in [0.29, 0.717) is 11.4 Å². The molecule has 0 aliphatic carbocycles. The lowest BCUT2D eigenvalue weighted by Crippen LogP contribution is -2.30. The molecule has 0 saturated carbocycles. The SMILES string of the molecule is COc1nccnc1NS(=O)(=O)c1ccc(NC(=O)C(C)Oc2ccc(C(C)(C)C)cc2)cc1. The number of nitrogens with zero attached hydrogens (tertiary/aromatic N) is 2. The Labute approximate surface area is 199 Å². The Bertz CT molecular complexity index is 1240. The lowest BCUT2D eigenvalue weighted by atomic mass is 9.87. The van der Waals surface area contributed by atoms with Gasteiger partial charge in [0, 0.05) is 18.1 Å². The summed E-state index contributed by atoms with van der Waals surface area (Å²) in [5.74, 6) is 0.251.